The highest BCUT2D eigenvalue weighted by Gasteiger charge is 2.22. The fraction of sp³-hybridized carbons (Fsp3) is 0.250. The maximum Gasteiger partial charge on any atom is 0.237 e. The molecule has 0 spiro atoms. The summed E-state index contributed by atoms with van der Waals surface area (Å²) < 4.78 is 12.4. The molecule has 4 aromatic rings. The minimum Gasteiger partial charge on any atom is -0.493 e. The van der Waals surface area contributed by atoms with Crippen molar-refractivity contribution in [1.29, 1.82) is 0 Å². The number of benzene rings is 2. The minimum atomic E-state index is 0.0814. The number of ether oxygens (including phenoxy) is 2. The summed E-state index contributed by atoms with van der Waals surface area (Å²) in [7, 11) is 3.19. The zero-order chi connectivity index (χ0) is 22.8. The van der Waals surface area contributed by atoms with E-state index in [-0.39, 0.29) is 5.91 Å². The Kier molecular flexibility index (Phi) is 5.87. The Balaban J connectivity index is 1.37. The van der Waals surface area contributed by atoms with E-state index >= 15 is 0 Å². The van der Waals surface area contributed by atoms with E-state index in [1.54, 1.807) is 18.7 Å². The summed E-state index contributed by atoms with van der Waals surface area (Å²) in [5.41, 5.74) is 3.68. The highest BCUT2D eigenvalue weighted by atomic mass is 32.2. The van der Waals surface area contributed by atoms with Crippen molar-refractivity contribution in [3.8, 4) is 22.9 Å². The normalized spacial score (nSPS) is 13.1. The van der Waals surface area contributed by atoms with Gasteiger partial charge in [0, 0.05) is 17.8 Å². The van der Waals surface area contributed by atoms with Gasteiger partial charge in [0.05, 0.1) is 20.0 Å². The fourth-order valence-electron chi connectivity index (χ4n) is 4.01. The van der Waals surface area contributed by atoms with Crippen molar-refractivity contribution in [2.45, 2.75) is 17.9 Å². The first-order valence-corrected chi connectivity index (χ1v) is 11.6. The molecule has 0 radical (unpaired) electrons. The first kappa shape index (κ1) is 21.3. The van der Waals surface area contributed by atoms with Gasteiger partial charge in [-0.1, -0.05) is 30.0 Å². The van der Waals surface area contributed by atoms with Gasteiger partial charge < -0.3 is 14.4 Å². The third-order valence-corrected chi connectivity index (χ3v) is 6.54. The molecular weight excluding hydrogens is 438 g/mol. The van der Waals surface area contributed by atoms with E-state index in [9.17, 15) is 4.79 Å². The Hall–Kier alpha value is -3.59. The van der Waals surface area contributed by atoms with Crippen LogP contribution in [0, 0.1) is 0 Å². The van der Waals surface area contributed by atoms with Crippen LogP contribution in [0.5, 0.6) is 11.5 Å². The summed E-state index contributed by atoms with van der Waals surface area (Å²) in [6, 6.07) is 17.4. The molecule has 3 heterocycles. The van der Waals surface area contributed by atoms with Gasteiger partial charge in [-0.05, 0) is 54.8 Å². The molecule has 2 aromatic heterocycles. The lowest BCUT2D eigenvalue weighted by molar-refractivity contribution is -0.116. The van der Waals surface area contributed by atoms with Gasteiger partial charge in [-0.25, -0.2) is 0 Å². The van der Waals surface area contributed by atoms with E-state index in [1.165, 1.54) is 17.3 Å². The summed E-state index contributed by atoms with van der Waals surface area (Å²) >= 11 is 1.41. The van der Waals surface area contributed by atoms with Crippen LogP contribution in [-0.2, 0) is 11.2 Å². The van der Waals surface area contributed by atoms with Crippen LogP contribution in [0.3, 0.4) is 0 Å². The number of hydrogen-bond acceptors (Lipinski definition) is 7. The number of thioether (sulfide) groups is 1. The van der Waals surface area contributed by atoms with E-state index < -0.39 is 0 Å². The molecule has 168 valence electrons. The smallest absolute Gasteiger partial charge is 0.237 e. The second kappa shape index (κ2) is 9.11. The Morgan fingerprint density at radius 3 is 2.73 bits per heavy atom. The molecule has 0 saturated carbocycles. The quantitative estimate of drug-likeness (QED) is 0.403. The predicted molar refractivity (Wildman–Crippen MR) is 127 cm³/mol. The molecular formula is C24H23N5O3S. The average Bonchev–Trinajstić information content (AvgIpc) is 3.29. The number of methoxy groups -OCH3 is 2. The number of anilines is 1. The predicted octanol–water partition coefficient (Wildman–Crippen LogP) is 3.88. The molecule has 33 heavy (non-hydrogen) atoms. The number of aryl methyl sites for hydroxylation is 1. The van der Waals surface area contributed by atoms with E-state index in [2.05, 4.69) is 21.4 Å². The zero-order valence-electron chi connectivity index (χ0n) is 18.4. The van der Waals surface area contributed by atoms with Crippen molar-refractivity contribution in [2.75, 3.05) is 31.4 Å². The van der Waals surface area contributed by atoms with E-state index in [1.807, 2.05) is 53.4 Å². The van der Waals surface area contributed by atoms with Crippen LogP contribution < -0.4 is 14.4 Å². The Labute approximate surface area is 195 Å². The van der Waals surface area contributed by atoms with Crippen molar-refractivity contribution < 1.29 is 14.3 Å². The van der Waals surface area contributed by atoms with Gasteiger partial charge in [-0.15, -0.1) is 10.2 Å². The number of rotatable bonds is 6. The molecule has 8 nitrogen and oxygen atoms in total. The fourth-order valence-corrected chi connectivity index (χ4v) is 4.74. The van der Waals surface area contributed by atoms with E-state index in [4.69, 9.17) is 9.47 Å². The van der Waals surface area contributed by atoms with Gasteiger partial charge in [0.15, 0.2) is 23.0 Å². The Bertz CT molecular complexity index is 1320. The molecule has 0 saturated heterocycles. The van der Waals surface area contributed by atoms with Crippen LogP contribution in [-0.4, -0.2) is 52.2 Å². The monoisotopic (exact) mass is 461 g/mol. The van der Waals surface area contributed by atoms with Gasteiger partial charge in [0.2, 0.25) is 5.91 Å². The van der Waals surface area contributed by atoms with Crippen molar-refractivity contribution in [3.63, 3.8) is 0 Å². The highest BCUT2D eigenvalue weighted by Crippen LogP contribution is 2.32. The van der Waals surface area contributed by atoms with E-state index in [0.717, 1.165) is 35.7 Å². The van der Waals surface area contributed by atoms with Crippen molar-refractivity contribution >= 4 is 29.0 Å². The van der Waals surface area contributed by atoms with Crippen molar-refractivity contribution in [2.24, 2.45) is 0 Å². The molecule has 0 unspecified atom stereocenters. The van der Waals surface area contributed by atoms with Crippen LogP contribution in [0.15, 0.2) is 59.6 Å². The third-order valence-electron chi connectivity index (χ3n) is 5.63. The third kappa shape index (κ3) is 4.11. The number of carbonyl (C=O) groups excluding carboxylic acids is 1. The maximum atomic E-state index is 13.0. The van der Waals surface area contributed by atoms with Crippen LogP contribution in [0.4, 0.5) is 5.69 Å². The summed E-state index contributed by atoms with van der Waals surface area (Å²) in [6.07, 6.45) is 1.99. The summed E-state index contributed by atoms with van der Waals surface area (Å²) in [4.78, 5) is 14.9. The lowest BCUT2D eigenvalue weighted by Gasteiger charge is -2.29. The number of amides is 1. The second-order valence-electron chi connectivity index (χ2n) is 7.60. The number of fused-ring (bicyclic) bond motifs is 2. The lowest BCUT2D eigenvalue weighted by Crippen LogP contribution is -2.36. The van der Waals surface area contributed by atoms with Crippen LogP contribution in [0.2, 0.25) is 0 Å². The Morgan fingerprint density at radius 1 is 1.03 bits per heavy atom. The standard InChI is InChI=1S/C24H23N5O3S/c1-31-19-10-9-17(14-20(19)32-2)24-26-25-21-11-12-22(27-29(21)24)33-15-23(30)28-13-5-7-16-6-3-4-8-18(16)28/h3-4,6,8-12,14H,5,7,13,15H2,1-2H3. The molecule has 0 N–H and O–H groups in total. The van der Waals surface area contributed by atoms with Gasteiger partial charge in [-0.2, -0.15) is 9.61 Å². The first-order chi connectivity index (χ1) is 16.2. The molecule has 1 amide bonds. The van der Waals surface area contributed by atoms with Gasteiger partial charge in [0.25, 0.3) is 0 Å². The molecule has 9 heteroatoms. The lowest BCUT2D eigenvalue weighted by atomic mass is 10.0. The topological polar surface area (TPSA) is 81.9 Å². The van der Waals surface area contributed by atoms with Crippen LogP contribution in [0.25, 0.3) is 17.0 Å². The molecule has 0 aliphatic carbocycles. The van der Waals surface area contributed by atoms with Crippen molar-refractivity contribution in [3.05, 3.63) is 60.2 Å². The minimum absolute atomic E-state index is 0.0814. The largest absolute Gasteiger partial charge is 0.493 e. The number of aromatic nitrogens is 4. The van der Waals surface area contributed by atoms with Crippen LogP contribution in [0.1, 0.15) is 12.0 Å². The summed E-state index contributed by atoms with van der Waals surface area (Å²) in [5.74, 6) is 2.21. The molecule has 0 atom stereocenters. The second-order valence-corrected chi connectivity index (χ2v) is 8.60. The SMILES string of the molecule is COc1ccc(-c2nnc3ccc(SCC(=O)N4CCCc5ccccc54)nn23)cc1OC. The van der Waals surface area contributed by atoms with Crippen molar-refractivity contribution in [1.82, 2.24) is 19.8 Å². The van der Waals surface area contributed by atoms with Crippen LogP contribution >= 0.6 is 11.8 Å². The first-order valence-electron chi connectivity index (χ1n) is 10.6. The number of carbonyl (C=O) groups is 1. The summed E-state index contributed by atoms with van der Waals surface area (Å²) in [6.45, 7) is 0.748. The molecule has 1 aliphatic heterocycles. The Morgan fingerprint density at radius 2 is 1.88 bits per heavy atom. The van der Waals surface area contributed by atoms with Gasteiger partial charge in [-0.3, -0.25) is 4.79 Å². The number of nitrogens with zero attached hydrogens (tertiary/aromatic N) is 5. The molecule has 5 rings (SSSR count). The highest BCUT2D eigenvalue weighted by molar-refractivity contribution is 7.99. The van der Waals surface area contributed by atoms with Gasteiger partial charge in [0.1, 0.15) is 5.03 Å². The number of hydrogen-bond donors (Lipinski definition) is 0. The zero-order valence-corrected chi connectivity index (χ0v) is 19.2. The average molecular weight is 462 g/mol. The number of para-hydroxylation sites is 1. The molecule has 2 aromatic carbocycles. The molecule has 0 bridgehead atoms. The summed E-state index contributed by atoms with van der Waals surface area (Å²) in [5, 5.41) is 13.9. The van der Waals surface area contributed by atoms with E-state index in [0.29, 0.717) is 28.7 Å². The van der Waals surface area contributed by atoms with Gasteiger partial charge >= 0.3 is 0 Å². The molecule has 1 aliphatic rings. The maximum absolute atomic E-state index is 13.0. The molecule has 0 fully saturated rings.